The van der Waals surface area contributed by atoms with Gasteiger partial charge >= 0.3 is 12.2 Å². The Kier molecular flexibility index (Phi) is 6.22. The number of aryl methyl sites for hydroxylation is 1. The predicted molar refractivity (Wildman–Crippen MR) is 112 cm³/mol. The number of rotatable bonds is 1. The van der Waals surface area contributed by atoms with Crippen molar-refractivity contribution in [2.24, 2.45) is 0 Å². The molecule has 0 aliphatic carbocycles. The molecule has 1 aromatic carbocycles. The van der Waals surface area contributed by atoms with Gasteiger partial charge in [-0.1, -0.05) is 6.07 Å². The summed E-state index contributed by atoms with van der Waals surface area (Å²) in [6, 6.07) is 2.21. The molecular weight excluding hydrogens is 424 g/mol. The van der Waals surface area contributed by atoms with Crippen LogP contribution in [0.15, 0.2) is 10.5 Å². The zero-order valence-corrected chi connectivity index (χ0v) is 18.7. The minimum Gasteiger partial charge on any atom is -0.449 e. The maximum Gasteiger partial charge on any atom is 0.414 e. The Balaban J connectivity index is 1.87. The van der Waals surface area contributed by atoms with Crippen molar-refractivity contribution in [2.45, 2.75) is 59.0 Å². The molecule has 0 radical (unpaired) electrons. The van der Waals surface area contributed by atoms with Gasteiger partial charge in [-0.25, -0.2) is 9.59 Å². The number of carbonyl (C=O) groups is 2. The van der Waals surface area contributed by atoms with Crippen LogP contribution in [0.25, 0.3) is 0 Å². The topological polar surface area (TPSA) is 59.1 Å². The van der Waals surface area contributed by atoms with Crippen molar-refractivity contribution < 1.29 is 19.1 Å². The van der Waals surface area contributed by atoms with Gasteiger partial charge in [0.15, 0.2) is 0 Å². The molecule has 0 spiro atoms. The third-order valence-electron chi connectivity index (χ3n) is 5.03. The summed E-state index contributed by atoms with van der Waals surface area (Å²) < 4.78 is 11.8. The molecule has 0 saturated heterocycles. The molecular formula is C21H29BrN2O4. The van der Waals surface area contributed by atoms with Crippen LogP contribution in [0.2, 0.25) is 0 Å². The van der Waals surface area contributed by atoms with Gasteiger partial charge < -0.3 is 14.4 Å². The Bertz CT molecular complexity index is 773. The van der Waals surface area contributed by atoms with E-state index >= 15 is 0 Å². The first-order chi connectivity index (χ1) is 13.2. The Labute approximate surface area is 175 Å². The van der Waals surface area contributed by atoms with E-state index in [2.05, 4.69) is 22.0 Å². The number of amides is 2. The van der Waals surface area contributed by atoms with E-state index in [-0.39, 0.29) is 12.2 Å². The van der Waals surface area contributed by atoms with Gasteiger partial charge in [-0.3, -0.25) is 4.90 Å². The lowest BCUT2D eigenvalue weighted by Crippen LogP contribution is -2.38. The minimum absolute atomic E-state index is 0.269. The van der Waals surface area contributed by atoms with Crippen LogP contribution in [0.3, 0.4) is 0 Å². The number of anilines is 1. The quantitative estimate of drug-likeness (QED) is 0.619. The smallest absolute Gasteiger partial charge is 0.414 e. The average molecular weight is 453 g/mol. The number of hydrogen-bond donors (Lipinski definition) is 0. The highest BCUT2D eigenvalue weighted by Gasteiger charge is 2.31. The van der Waals surface area contributed by atoms with E-state index in [0.29, 0.717) is 26.2 Å². The van der Waals surface area contributed by atoms with Gasteiger partial charge in [0.2, 0.25) is 0 Å². The second-order valence-electron chi connectivity index (χ2n) is 8.26. The van der Waals surface area contributed by atoms with E-state index in [9.17, 15) is 9.59 Å². The Hall–Kier alpha value is -1.76. The van der Waals surface area contributed by atoms with Crippen LogP contribution in [0.4, 0.5) is 15.3 Å². The molecule has 2 aliphatic heterocycles. The lowest BCUT2D eigenvalue weighted by molar-refractivity contribution is 0.0258. The maximum absolute atomic E-state index is 12.5. The molecule has 0 saturated carbocycles. The molecule has 6 nitrogen and oxygen atoms in total. The largest absolute Gasteiger partial charge is 0.449 e. The predicted octanol–water partition coefficient (Wildman–Crippen LogP) is 4.69. The number of fused-ring (bicyclic) bond motifs is 2. The van der Waals surface area contributed by atoms with Gasteiger partial charge in [0.25, 0.3) is 0 Å². The molecule has 0 fully saturated rings. The summed E-state index contributed by atoms with van der Waals surface area (Å²) >= 11 is 3.77. The van der Waals surface area contributed by atoms with E-state index in [4.69, 9.17) is 9.47 Å². The van der Waals surface area contributed by atoms with E-state index in [1.165, 1.54) is 11.1 Å². The molecule has 3 rings (SSSR count). The molecule has 1 aromatic rings. The molecule has 2 heterocycles. The van der Waals surface area contributed by atoms with Crippen molar-refractivity contribution in [1.82, 2.24) is 4.90 Å². The van der Waals surface area contributed by atoms with Crippen molar-refractivity contribution in [2.75, 3.05) is 31.1 Å². The molecule has 0 aromatic heterocycles. The molecule has 28 heavy (non-hydrogen) atoms. The van der Waals surface area contributed by atoms with Crippen LogP contribution in [0.5, 0.6) is 0 Å². The first-order valence-electron chi connectivity index (χ1n) is 9.96. The molecule has 0 atom stereocenters. The normalized spacial score (nSPS) is 16.8. The number of hydrogen-bond acceptors (Lipinski definition) is 4. The number of halogens is 1. The number of carbonyl (C=O) groups excluding carboxylic acids is 2. The van der Waals surface area contributed by atoms with Gasteiger partial charge in [0.05, 0.1) is 12.3 Å². The highest BCUT2D eigenvalue weighted by molar-refractivity contribution is 9.10. The second kappa shape index (κ2) is 8.31. The summed E-state index contributed by atoms with van der Waals surface area (Å²) in [6.07, 6.45) is 2.79. The van der Waals surface area contributed by atoms with Crippen molar-refractivity contribution in [1.29, 1.82) is 0 Å². The van der Waals surface area contributed by atoms with E-state index in [0.717, 1.165) is 41.4 Å². The van der Waals surface area contributed by atoms with E-state index in [1.54, 1.807) is 9.80 Å². The zero-order chi connectivity index (χ0) is 20.5. The fraction of sp³-hybridized carbons (Fsp3) is 0.619. The van der Waals surface area contributed by atoms with Crippen LogP contribution in [0.1, 0.15) is 50.8 Å². The number of benzene rings is 1. The first-order valence-corrected chi connectivity index (χ1v) is 10.8. The SMILES string of the molecule is CCOC(=O)N1CCCc2cc3c(c(Br)c21)CCN(C(=O)OC(C)(C)C)CC3. The maximum atomic E-state index is 12.5. The molecule has 2 amide bonds. The second-order valence-corrected chi connectivity index (χ2v) is 9.05. The van der Waals surface area contributed by atoms with Crippen molar-refractivity contribution >= 4 is 33.8 Å². The average Bonchev–Trinajstić information content (AvgIpc) is 2.83. The number of nitrogens with zero attached hydrogens (tertiary/aromatic N) is 2. The standard InChI is InChI=1S/C21H29BrN2O4/c1-5-27-20(26)24-10-6-7-15-13-14-8-11-23(19(25)28-21(2,3)4)12-9-16(14)17(22)18(15)24/h13H,5-12H2,1-4H3. The first kappa shape index (κ1) is 21.0. The van der Waals surface area contributed by atoms with Crippen LogP contribution in [-0.2, 0) is 28.7 Å². The minimum atomic E-state index is -0.504. The molecule has 0 bridgehead atoms. The van der Waals surface area contributed by atoms with Gasteiger partial charge in [-0.2, -0.15) is 0 Å². The van der Waals surface area contributed by atoms with Crippen molar-refractivity contribution in [3.05, 3.63) is 27.2 Å². The Morgan fingerprint density at radius 3 is 2.46 bits per heavy atom. The fourth-order valence-electron chi connectivity index (χ4n) is 3.81. The van der Waals surface area contributed by atoms with E-state index < -0.39 is 5.60 Å². The third kappa shape index (κ3) is 4.45. The summed E-state index contributed by atoms with van der Waals surface area (Å²) in [4.78, 5) is 28.4. The lowest BCUT2D eigenvalue weighted by Gasteiger charge is -2.31. The summed E-state index contributed by atoms with van der Waals surface area (Å²) in [5.74, 6) is 0. The fourth-order valence-corrected chi connectivity index (χ4v) is 4.73. The molecule has 0 unspecified atom stereocenters. The van der Waals surface area contributed by atoms with Gasteiger partial charge in [-0.05, 0) is 86.0 Å². The summed E-state index contributed by atoms with van der Waals surface area (Å²) in [7, 11) is 0. The van der Waals surface area contributed by atoms with Gasteiger partial charge in [0, 0.05) is 24.1 Å². The summed E-state index contributed by atoms with van der Waals surface area (Å²) in [5, 5.41) is 0. The van der Waals surface area contributed by atoms with Crippen LogP contribution < -0.4 is 4.90 Å². The molecule has 154 valence electrons. The van der Waals surface area contributed by atoms with Gasteiger partial charge in [0.1, 0.15) is 5.60 Å². The molecule has 7 heteroatoms. The summed E-state index contributed by atoms with van der Waals surface area (Å²) in [6.45, 7) is 9.71. The Morgan fingerprint density at radius 1 is 1.07 bits per heavy atom. The zero-order valence-electron chi connectivity index (χ0n) is 17.1. The van der Waals surface area contributed by atoms with Crippen molar-refractivity contribution in [3.63, 3.8) is 0 Å². The van der Waals surface area contributed by atoms with Crippen LogP contribution in [0, 0.1) is 0 Å². The highest BCUT2D eigenvalue weighted by atomic mass is 79.9. The van der Waals surface area contributed by atoms with E-state index in [1.807, 2.05) is 27.7 Å². The highest BCUT2D eigenvalue weighted by Crippen LogP contribution is 2.40. The summed E-state index contributed by atoms with van der Waals surface area (Å²) in [5.41, 5.74) is 3.99. The number of ether oxygens (including phenoxy) is 2. The van der Waals surface area contributed by atoms with Crippen LogP contribution >= 0.6 is 15.9 Å². The lowest BCUT2D eigenvalue weighted by atomic mass is 9.93. The molecule has 2 aliphatic rings. The molecule has 0 N–H and O–H groups in total. The Morgan fingerprint density at radius 2 is 1.79 bits per heavy atom. The monoisotopic (exact) mass is 452 g/mol. The van der Waals surface area contributed by atoms with Gasteiger partial charge in [-0.15, -0.1) is 0 Å². The van der Waals surface area contributed by atoms with Crippen LogP contribution in [-0.4, -0.2) is 48.9 Å². The third-order valence-corrected chi connectivity index (χ3v) is 5.89. The van der Waals surface area contributed by atoms with Crippen molar-refractivity contribution in [3.8, 4) is 0 Å².